The summed E-state index contributed by atoms with van der Waals surface area (Å²) in [5.74, 6) is -0.465. The monoisotopic (exact) mass is 376 g/mol. The lowest BCUT2D eigenvalue weighted by atomic mass is 9.45. The van der Waals surface area contributed by atoms with Gasteiger partial charge in [-0.15, -0.1) is 0 Å². The molecule has 0 aromatic heterocycles. The molecule has 3 fully saturated rings. The molecule has 5 heteroatoms. The zero-order chi connectivity index (χ0) is 19.8. The quantitative estimate of drug-likeness (QED) is 0.777. The molecule has 0 heterocycles. The van der Waals surface area contributed by atoms with Crippen LogP contribution in [0.4, 0.5) is 4.39 Å². The average molecular weight is 376 g/mol. The molecule has 4 nitrogen and oxygen atoms in total. The maximum absolute atomic E-state index is 13.2. The van der Waals surface area contributed by atoms with Crippen LogP contribution in [-0.4, -0.2) is 40.2 Å². The van der Waals surface area contributed by atoms with Gasteiger partial charge >= 0.3 is 0 Å². The number of Topliss-reactive ketones (excluding diaryl/α,β-unsaturated/α-hetero) is 1. The van der Waals surface area contributed by atoms with E-state index in [2.05, 4.69) is 13.8 Å². The Morgan fingerprint density at radius 3 is 2.74 bits per heavy atom. The molecule has 0 aromatic carbocycles. The van der Waals surface area contributed by atoms with Gasteiger partial charge in [-0.05, 0) is 55.6 Å². The molecule has 0 amide bonds. The summed E-state index contributed by atoms with van der Waals surface area (Å²) in [6.45, 7) is 4.89. The maximum atomic E-state index is 13.2. The van der Waals surface area contributed by atoms with Crippen LogP contribution in [0.3, 0.4) is 0 Å². The Labute approximate surface area is 159 Å². The summed E-state index contributed by atoms with van der Waals surface area (Å²) < 4.78 is 13.2. The van der Waals surface area contributed by atoms with Gasteiger partial charge in [0.05, 0.1) is 6.10 Å². The highest BCUT2D eigenvalue weighted by Gasteiger charge is 2.68. The number of hydrogen-bond donors (Lipinski definition) is 2. The molecule has 0 aromatic rings. The van der Waals surface area contributed by atoms with Crippen LogP contribution < -0.4 is 0 Å². The lowest BCUT2D eigenvalue weighted by Crippen LogP contribution is -2.62. The summed E-state index contributed by atoms with van der Waals surface area (Å²) in [4.78, 5) is 24.2. The van der Waals surface area contributed by atoms with Crippen LogP contribution in [0.25, 0.3) is 0 Å². The number of carbonyl (C=O) groups is 2. The molecule has 2 N–H and O–H groups in total. The Balaban J connectivity index is 1.78. The second-order valence-electron chi connectivity index (χ2n) is 9.70. The lowest BCUT2D eigenvalue weighted by Gasteiger charge is -2.60. The van der Waals surface area contributed by atoms with Crippen LogP contribution in [0.15, 0.2) is 23.8 Å². The number of rotatable bonds is 2. The molecule has 8 atom stereocenters. The van der Waals surface area contributed by atoms with Gasteiger partial charge in [-0.3, -0.25) is 9.59 Å². The number of hydrogen-bond acceptors (Lipinski definition) is 4. The molecule has 4 rings (SSSR count). The number of allylic oxidation sites excluding steroid dienone is 4. The third-order valence-electron chi connectivity index (χ3n) is 8.55. The Kier molecular flexibility index (Phi) is 4.11. The minimum Gasteiger partial charge on any atom is -0.393 e. The van der Waals surface area contributed by atoms with Gasteiger partial charge in [0.2, 0.25) is 0 Å². The summed E-state index contributed by atoms with van der Waals surface area (Å²) in [7, 11) is 0. The first kappa shape index (κ1) is 19.0. The van der Waals surface area contributed by atoms with Crippen molar-refractivity contribution in [1.82, 2.24) is 0 Å². The molecule has 0 saturated heterocycles. The lowest BCUT2D eigenvalue weighted by molar-refractivity contribution is -0.179. The Morgan fingerprint density at radius 2 is 2.07 bits per heavy atom. The van der Waals surface area contributed by atoms with Crippen molar-refractivity contribution in [2.75, 3.05) is 6.67 Å². The Hall–Kier alpha value is -1.33. The molecule has 6 unspecified atom stereocenters. The first-order valence-corrected chi connectivity index (χ1v) is 10.0. The number of aliphatic hydroxyl groups is 2. The van der Waals surface area contributed by atoms with E-state index in [-0.39, 0.29) is 42.3 Å². The van der Waals surface area contributed by atoms with Crippen molar-refractivity contribution in [3.63, 3.8) is 0 Å². The van der Waals surface area contributed by atoms with Gasteiger partial charge in [0.1, 0.15) is 5.60 Å². The van der Waals surface area contributed by atoms with Crippen LogP contribution >= 0.6 is 0 Å². The topological polar surface area (TPSA) is 74.6 Å². The fraction of sp³-hybridized carbons (Fsp3) is 0.727. The zero-order valence-corrected chi connectivity index (χ0v) is 16.2. The normalized spacial score (nSPS) is 51.3. The van der Waals surface area contributed by atoms with Crippen molar-refractivity contribution >= 4 is 11.6 Å². The number of ketones is 2. The summed E-state index contributed by atoms with van der Waals surface area (Å²) in [5, 5.41) is 22.3. The minimum absolute atomic E-state index is 0.00769. The second-order valence-corrected chi connectivity index (χ2v) is 9.70. The predicted molar refractivity (Wildman–Crippen MR) is 98.5 cm³/mol. The summed E-state index contributed by atoms with van der Waals surface area (Å²) in [6, 6.07) is 0. The molecule has 27 heavy (non-hydrogen) atoms. The van der Waals surface area contributed by atoms with Gasteiger partial charge in [-0.2, -0.15) is 0 Å². The van der Waals surface area contributed by atoms with Crippen LogP contribution in [0.2, 0.25) is 0 Å². The Morgan fingerprint density at radius 1 is 1.37 bits per heavy atom. The van der Waals surface area contributed by atoms with E-state index < -0.39 is 35.0 Å². The summed E-state index contributed by atoms with van der Waals surface area (Å²) >= 11 is 0. The second kappa shape index (κ2) is 5.84. The molecular formula is C22H29FO4. The van der Waals surface area contributed by atoms with Crippen LogP contribution in [-0.2, 0) is 9.59 Å². The van der Waals surface area contributed by atoms with Crippen molar-refractivity contribution in [2.45, 2.75) is 58.2 Å². The highest BCUT2D eigenvalue weighted by molar-refractivity contribution is 6.01. The maximum Gasteiger partial charge on any atom is 0.195 e. The van der Waals surface area contributed by atoms with Crippen molar-refractivity contribution in [2.24, 2.45) is 34.5 Å². The molecule has 4 aliphatic carbocycles. The fourth-order valence-corrected chi connectivity index (χ4v) is 7.32. The number of aliphatic hydroxyl groups excluding tert-OH is 1. The summed E-state index contributed by atoms with van der Waals surface area (Å²) in [5.41, 5.74) is -1.84. The van der Waals surface area contributed by atoms with Gasteiger partial charge in [0, 0.05) is 16.7 Å². The van der Waals surface area contributed by atoms with E-state index in [9.17, 15) is 24.2 Å². The van der Waals surface area contributed by atoms with Crippen molar-refractivity contribution in [3.8, 4) is 0 Å². The van der Waals surface area contributed by atoms with E-state index in [0.29, 0.717) is 6.42 Å². The molecule has 0 aliphatic heterocycles. The number of fused-ring (bicyclic) bond motifs is 5. The molecule has 4 aliphatic rings. The molecule has 148 valence electrons. The molecule has 0 bridgehead atoms. The number of alkyl halides is 1. The molecule has 0 spiro atoms. The SMILES string of the molecule is C[C@H]1CC2C(C(O)CC3(C)C2CC[C@]3(O)C(=O)CF)C2(C)C=CC(=O)C=C12. The van der Waals surface area contributed by atoms with Gasteiger partial charge in [0.15, 0.2) is 18.2 Å². The predicted octanol–water partition coefficient (Wildman–Crippen LogP) is 2.78. The van der Waals surface area contributed by atoms with E-state index in [1.54, 1.807) is 12.2 Å². The zero-order valence-electron chi connectivity index (χ0n) is 16.2. The van der Waals surface area contributed by atoms with Crippen molar-refractivity contribution in [1.29, 1.82) is 0 Å². The number of carbonyl (C=O) groups excluding carboxylic acids is 2. The van der Waals surface area contributed by atoms with E-state index in [4.69, 9.17) is 0 Å². The summed E-state index contributed by atoms with van der Waals surface area (Å²) in [6.07, 6.45) is 6.55. The van der Waals surface area contributed by atoms with Crippen molar-refractivity contribution in [3.05, 3.63) is 23.8 Å². The van der Waals surface area contributed by atoms with Gasteiger partial charge < -0.3 is 10.2 Å². The average Bonchev–Trinajstić information content (AvgIpc) is 2.87. The van der Waals surface area contributed by atoms with Gasteiger partial charge in [-0.1, -0.05) is 32.4 Å². The smallest absolute Gasteiger partial charge is 0.195 e. The minimum atomic E-state index is -1.70. The number of halogens is 1. The van der Waals surface area contributed by atoms with Gasteiger partial charge in [0.25, 0.3) is 0 Å². The fourth-order valence-electron chi connectivity index (χ4n) is 7.32. The van der Waals surface area contributed by atoms with Crippen LogP contribution in [0.5, 0.6) is 0 Å². The highest BCUT2D eigenvalue weighted by Crippen LogP contribution is 2.67. The highest BCUT2D eigenvalue weighted by atomic mass is 19.1. The standard InChI is InChI=1S/C22H29FO4/c1-12-8-14-15-5-7-22(27,18(26)11-23)21(15,3)10-17(25)19(14)20(2)6-4-13(24)9-16(12)20/h4,6,9,12,14-15,17,19,25,27H,5,7-8,10-11H2,1-3H3/t12-,14?,15?,17?,19?,20?,21?,22-/m0/s1. The van der Waals surface area contributed by atoms with E-state index >= 15 is 0 Å². The van der Waals surface area contributed by atoms with Crippen LogP contribution in [0.1, 0.15) is 46.5 Å². The molecular weight excluding hydrogens is 347 g/mol. The van der Waals surface area contributed by atoms with E-state index in [1.165, 1.54) is 0 Å². The third-order valence-corrected chi connectivity index (χ3v) is 8.55. The van der Waals surface area contributed by atoms with Gasteiger partial charge in [-0.25, -0.2) is 4.39 Å². The van der Waals surface area contributed by atoms with E-state index in [0.717, 1.165) is 12.0 Å². The molecule has 3 saturated carbocycles. The van der Waals surface area contributed by atoms with Crippen LogP contribution in [0, 0.1) is 34.5 Å². The largest absolute Gasteiger partial charge is 0.393 e. The molecule has 0 radical (unpaired) electrons. The van der Waals surface area contributed by atoms with Crippen molar-refractivity contribution < 1.29 is 24.2 Å². The first-order chi connectivity index (χ1) is 12.6. The first-order valence-electron chi connectivity index (χ1n) is 10.0. The van der Waals surface area contributed by atoms with E-state index in [1.807, 2.05) is 13.0 Å². The Bertz CT molecular complexity index is 757. The third kappa shape index (κ3) is 2.27.